The number of carbonyl (C=O) groups is 2. The Labute approximate surface area is 175 Å². The molecule has 1 N–H and O–H groups in total. The van der Waals surface area contributed by atoms with Crippen LogP contribution in [0.1, 0.15) is 53.2 Å². The number of rotatable bonds is 1. The van der Waals surface area contributed by atoms with Crippen LogP contribution in [0, 0.1) is 0 Å². The average Bonchev–Trinajstić information content (AvgIpc) is 3.36. The lowest BCUT2D eigenvalue weighted by molar-refractivity contribution is 0.0373. The first kappa shape index (κ1) is 21.3. The molecule has 1 saturated carbocycles. The van der Waals surface area contributed by atoms with Crippen molar-refractivity contribution in [2.24, 2.45) is 0 Å². The molecule has 2 bridgehead atoms. The van der Waals surface area contributed by atoms with Gasteiger partial charge in [-0.05, 0) is 33.1 Å². The third-order valence-corrected chi connectivity index (χ3v) is 9.48. The minimum Gasteiger partial charge on any atom is -0.476 e. The molecular weight excluding hydrogens is 414 g/mol. The maximum absolute atomic E-state index is 13.5. The fraction of sp³-hybridized carbons (Fsp3) is 0.737. The van der Waals surface area contributed by atoms with Gasteiger partial charge in [0.15, 0.2) is 15.5 Å². The Hall–Kier alpha value is -1.98. The van der Waals surface area contributed by atoms with E-state index in [0.29, 0.717) is 24.8 Å². The highest BCUT2D eigenvalue weighted by Crippen LogP contribution is 2.49. The first-order valence-electron chi connectivity index (χ1n) is 10.1. The SMILES string of the molecule is CC1(C)COCCOCCn2nc(C(=O)O)c3c2C(=O)N(CC3)CC2(CC2)S1(=O)=O. The molecule has 3 aliphatic rings. The maximum Gasteiger partial charge on any atom is 0.356 e. The summed E-state index contributed by atoms with van der Waals surface area (Å²) in [5, 5.41) is 13.6. The molecule has 1 aromatic rings. The zero-order valence-corrected chi connectivity index (χ0v) is 18.0. The lowest BCUT2D eigenvalue weighted by atomic mass is 10.0. The fourth-order valence-corrected chi connectivity index (χ4v) is 6.69. The van der Waals surface area contributed by atoms with Crippen molar-refractivity contribution in [2.75, 3.05) is 39.5 Å². The molecule has 1 spiro atoms. The van der Waals surface area contributed by atoms with Gasteiger partial charge in [-0.2, -0.15) is 5.10 Å². The molecule has 1 aliphatic carbocycles. The number of carboxylic acids is 1. The highest BCUT2D eigenvalue weighted by Gasteiger charge is 2.61. The molecule has 11 heteroatoms. The molecule has 1 amide bonds. The van der Waals surface area contributed by atoms with Crippen molar-refractivity contribution in [3.63, 3.8) is 0 Å². The summed E-state index contributed by atoms with van der Waals surface area (Å²) in [7, 11) is -3.59. The van der Waals surface area contributed by atoms with Crippen molar-refractivity contribution in [2.45, 2.75) is 49.1 Å². The van der Waals surface area contributed by atoms with Crippen LogP contribution in [0.3, 0.4) is 0 Å². The van der Waals surface area contributed by atoms with Crippen molar-refractivity contribution in [1.82, 2.24) is 14.7 Å². The Bertz CT molecular complexity index is 978. The minimum absolute atomic E-state index is 0.0576. The smallest absolute Gasteiger partial charge is 0.356 e. The predicted octanol–water partition coefficient (Wildman–Crippen LogP) is 0.352. The number of ether oxygens (including phenoxy) is 2. The molecule has 0 unspecified atom stereocenters. The van der Waals surface area contributed by atoms with E-state index in [4.69, 9.17) is 9.47 Å². The summed E-state index contributed by atoms with van der Waals surface area (Å²) in [5.41, 5.74) is 0.502. The highest BCUT2D eigenvalue weighted by molar-refractivity contribution is 7.94. The summed E-state index contributed by atoms with van der Waals surface area (Å²) >= 11 is 0. The van der Waals surface area contributed by atoms with Gasteiger partial charge in [-0.25, -0.2) is 13.2 Å². The van der Waals surface area contributed by atoms with Crippen LogP contribution in [0.15, 0.2) is 0 Å². The zero-order valence-electron chi connectivity index (χ0n) is 17.2. The Morgan fingerprint density at radius 1 is 1.13 bits per heavy atom. The second-order valence-electron chi connectivity index (χ2n) is 8.79. The first-order chi connectivity index (χ1) is 14.1. The molecule has 0 saturated heterocycles. The van der Waals surface area contributed by atoms with Crippen molar-refractivity contribution in [1.29, 1.82) is 0 Å². The Kier molecular flexibility index (Phi) is 5.18. The number of nitrogens with zero attached hydrogens (tertiary/aromatic N) is 3. The number of carboxylic acid groups (broad SMARTS) is 1. The second-order valence-corrected chi connectivity index (χ2v) is 11.8. The Morgan fingerprint density at radius 2 is 1.83 bits per heavy atom. The summed E-state index contributed by atoms with van der Waals surface area (Å²) in [6.07, 6.45) is 1.32. The van der Waals surface area contributed by atoms with Crippen LogP contribution >= 0.6 is 0 Å². The van der Waals surface area contributed by atoms with Crippen molar-refractivity contribution >= 4 is 21.7 Å². The average molecular weight is 442 g/mol. The van der Waals surface area contributed by atoms with E-state index in [-0.39, 0.29) is 63.4 Å². The topological polar surface area (TPSA) is 128 Å². The minimum atomic E-state index is -3.59. The molecule has 10 nitrogen and oxygen atoms in total. The lowest BCUT2D eigenvalue weighted by Crippen LogP contribution is -2.51. The normalized spacial score (nSPS) is 25.4. The number of hydrogen-bond donors (Lipinski definition) is 1. The molecule has 1 fully saturated rings. The third-order valence-electron chi connectivity index (χ3n) is 6.23. The van der Waals surface area contributed by atoms with E-state index >= 15 is 0 Å². The van der Waals surface area contributed by atoms with Gasteiger partial charge in [-0.1, -0.05) is 0 Å². The van der Waals surface area contributed by atoms with E-state index in [9.17, 15) is 23.1 Å². The van der Waals surface area contributed by atoms with E-state index < -0.39 is 25.3 Å². The number of carbonyl (C=O) groups excluding carboxylic acids is 1. The fourth-order valence-electron chi connectivity index (χ4n) is 4.31. The largest absolute Gasteiger partial charge is 0.476 e. The van der Waals surface area contributed by atoms with Crippen LogP contribution in [-0.4, -0.2) is 89.1 Å². The summed E-state index contributed by atoms with van der Waals surface area (Å²) < 4.78 is 37.3. The molecule has 2 aliphatic heterocycles. The van der Waals surface area contributed by atoms with Crippen LogP contribution in [0.4, 0.5) is 0 Å². The van der Waals surface area contributed by atoms with Crippen molar-refractivity contribution < 1.29 is 32.6 Å². The van der Waals surface area contributed by atoms with Crippen LogP contribution in [0.25, 0.3) is 0 Å². The van der Waals surface area contributed by atoms with Crippen LogP contribution in [0.2, 0.25) is 0 Å². The van der Waals surface area contributed by atoms with Crippen LogP contribution in [0.5, 0.6) is 0 Å². The number of aromatic nitrogens is 2. The summed E-state index contributed by atoms with van der Waals surface area (Å²) in [4.78, 5) is 26.4. The summed E-state index contributed by atoms with van der Waals surface area (Å²) in [5.74, 6) is -1.56. The van der Waals surface area contributed by atoms with E-state index in [2.05, 4.69) is 5.10 Å². The van der Waals surface area contributed by atoms with E-state index in [1.165, 1.54) is 9.58 Å². The number of sulfone groups is 1. The molecule has 0 aromatic carbocycles. The Morgan fingerprint density at radius 3 is 2.50 bits per heavy atom. The van der Waals surface area contributed by atoms with Gasteiger partial charge in [0.2, 0.25) is 0 Å². The van der Waals surface area contributed by atoms with Crippen LogP contribution in [-0.2, 0) is 32.3 Å². The quantitative estimate of drug-likeness (QED) is 0.661. The lowest BCUT2D eigenvalue weighted by Gasteiger charge is -2.35. The first-order valence-corrected chi connectivity index (χ1v) is 11.6. The van der Waals surface area contributed by atoms with E-state index in [0.717, 1.165) is 0 Å². The van der Waals surface area contributed by atoms with Crippen LogP contribution < -0.4 is 0 Å². The van der Waals surface area contributed by atoms with Gasteiger partial charge >= 0.3 is 5.97 Å². The third kappa shape index (κ3) is 3.32. The molecule has 3 heterocycles. The van der Waals surface area contributed by atoms with Gasteiger partial charge in [0, 0.05) is 18.7 Å². The zero-order chi connectivity index (χ0) is 21.7. The molecule has 0 radical (unpaired) electrons. The molecule has 30 heavy (non-hydrogen) atoms. The standard InChI is InChI=1S/C19H27N3O7S/c1-18(2)12-29-10-9-28-8-7-22-15-13(14(20-22)17(24)25)3-6-21(16(15)23)11-19(4-5-19)30(18,26)27/h3-12H2,1-2H3,(H,24,25). The number of fused-ring (bicyclic) bond motifs is 1. The van der Waals surface area contributed by atoms with Gasteiger partial charge in [0.1, 0.15) is 5.69 Å². The number of aromatic carboxylic acids is 1. The molecule has 166 valence electrons. The van der Waals surface area contributed by atoms with E-state index in [1.54, 1.807) is 13.8 Å². The van der Waals surface area contributed by atoms with E-state index in [1.807, 2.05) is 0 Å². The highest BCUT2D eigenvalue weighted by atomic mass is 32.2. The molecule has 1 aromatic heterocycles. The number of amides is 1. The molecule has 4 rings (SSSR count). The van der Waals surface area contributed by atoms with Gasteiger partial charge in [-0.15, -0.1) is 0 Å². The monoisotopic (exact) mass is 441 g/mol. The van der Waals surface area contributed by atoms with Crippen molar-refractivity contribution in [3.05, 3.63) is 17.0 Å². The number of hydrogen-bond acceptors (Lipinski definition) is 7. The second kappa shape index (κ2) is 7.31. The Balaban J connectivity index is 1.73. The molecule has 0 atom stereocenters. The van der Waals surface area contributed by atoms with Gasteiger partial charge in [-0.3, -0.25) is 9.48 Å². The summed E-state index contributed by atoms with van der Waals surface area (Å²) in [6.45, 7) is 4.70. The van der Waals surface area contributed by atoms with Gasteiger partial charge in [0.05, 0.1) is 42.5 Å². The molecular formula is C19H27N3O7S. The van der Waals surface area contributed by atoms with Gasteiger partial charge in [0.25, 0.3) is 5.91 Å². The maximum atomic E-state index is 13.5. The summed E-state index contributed by atoms with van der Waals surface area (Å²) in [6, 6.07) is 0. The van der Waals surface area contributed by atoms with Gasteiger partial charge < -0.3 is 19.5 Å². The predicted molar refractivity (Wildman–Crippen MR) is 105 cm³/mol. The van der Waals surface area contributed by atoms with Crippen molar-refractivity contribution in [3.8, 4) is 0 Å².